The molecule has 0 aliphatic carbocycles. The van der Waals surface area contributed by atoms with E-state index in [4.69, 9.17) is 16.3 Å². The maximum absolute atomic E-state index is 11.1. The Morgan fingerprint density at radius 1 is 1.73 bits per heavy atom. The number of rotatable bonds is 5. The molecule has 1 atom stereocenters. The van der Waals surface area contributed by atoms with Gasteiger partial charge >= 0.3 is 0 Å². The lowest BCUT2D eigenvalue weighted by Crippen LogP contribution is -2.21. The van der Waals surface area contributed by atoms with Crippen molar-refractivity contribution >= 4 is 17.4 Å². The van der Waals surface area contributed by atoms with Crippen molar-refractivity contribution in [3.63, 3.8) is 0 Å². The molecule has 0 aliphatic rings. The highest BCUT2D eigenvalue weighted by Crippen LogP contribution is 2.11. The van der Waals surface area contributed by atoms with Gasteiger partial charge in [0.05, 0.1) is 12.4 Å². The highest BCUT2D eigenvalue weighted by Gasteiger charge is 2.06. The van der Waals surface area contributed by atoms with Gasteiger partial charge in [-0.1, -0.05) is 11.6 Å². The molecule has 5 nitrogen and oxygen atoms in total. The first-order valence-corrected chi connectivity index (χ1v) is 5.11. The highest BCUT2D eigenvalue weighted by atomic mass is 35.5. The molecule has 1 heterocycles. The maximum atomic E-state index is 11.1. The van der Waals surface area contributed by atoms with E-state index in [1.54, 1.807) is 0 Å². The lowest BCUT2D eigenvalue weighted by molar-refractivity contribution is 0.0855. The van der Waals surface area contributed by atoms with Crippen LogP contribution in [0.5, 0.6) is 0 Å². The fourth-order valence-corrected chi connectivity index (χ4v) is 1.26. The second kappa shape index (κ2) is 5.72. The van der Waals surface area contributed by atoms with Crippen molar-refractivity contribution in [2.75, 3.05) is 18.5 Å². The van der Waals surface area contributed by atoms with Crippen LogP contribution in [0.1, 0.15) is 13.8 Å². The van der Waals surface area contributed by atoms with Gasteiger partial charge in [0.15, 0.2) is 5.82 Å². The molecule has 1 aromatic heterocycles. The van der Waals surface area contributed by atoms with E-state index < -0.39 is 0 Å². The molecule has 0 saturated heterocycles. The van der Waals surface area contributed by atoms with Crippen molar-refractivity contribution in [1.29, 1.82) is 0 Å². The summed E-state index contributed by atoms with van der Waals surface area (Å²) in [6, 6.07) is 0. The third-order valence-corrected chi connectivity index (χ3v) is 2.16. The van der Waals surface area contributed by atoms with Crippen LogP contribution >= 0.6 is 11.6 Å². The summed E-state index contributed by atoms with van der Waals surface area (Å²) in [4.78, 5) is 17.4. The Balaban J connectivity index is 2.58. The topological polar surface area (TPSA) is 67.0 Å². The summed E-state index contributed by atoms with van der Waals surface area (Å²) in [5.41, 5.74) is -0.349. The number of hydrogen-bond donors (Lipinski definition) is 2. The first-order chi connectivity index (χ1) is 7.15. The molecule has 1 aromatic rings. The number of ether oxygens (including phenoxy) is 1. The third kappa shape index (κ3) is 3.53. The van der Waals surface area contributed by atoms with Crippen molar-refractivity contribution in [3.8, 4) is 0 Å². The number of aromatic nitrogens is 2. The van der Waals surface area contributed by atoms with Gasteiger partial charge in [0.1, 0.15) is 5.02 Å². The van der Waals surface area contributed by atoms with E-state index in [9.17, 15) is 4.79 Å². The first-order valence-electron chi connectivity index (χ1n) is 4.73. The number of hydrogen-bond acceptors (Lipinski definition) is 4. The Labute approximate surface area is 92.8 Å². The van der Waals surface area contributed by atoms with Crippen LogP contribution in [-0.2, 0) is 4.74 Å². The SMILES string of the molecule is CCOC(C)CNc1nc[nH]c(=O)c1Cl. The predicted molar refractivity (Wildman–Crippen MR) is 59.4 cm³/mol. The monoisotopic (exact) mass is 231 g/mol. The summed E-state index contributed by atoms with van der Waals surface area (Å²) in [5.74, 6) is 0.381. The molecule has 0 spiro atoms. The minimum absolute atomic E-state index is 0.0483. The lowest BCUT2D eigenvalue weighted by Gasteiger charge is -2.13. The smallest absolute Gasteiger partial charge is 0.271 e. The van der Waals surface area contributed by atoms with E-state index in [1.807, 2.05) is 13.8 Å². The molecule has 2 N–H and O–H groups in total. The second-order valence-electron chi connectivity index (χ2n) is 3.04. The van der Waals surface area contributed by atoms with E-state index in [0.29, 0.717) is 19.0 Å². The van der Waals surface area contributed by atoms with Crippen LogP contribution in [0.3, 0.4) is 0 Å². The fourth-order valence-electron chi connectivity index (χ4n) is 1.09. The second-order valence-corrected chi connectivity index (χ2v) is 3.42. The van der Waals surface area contributed by atoms with Crippen LogP contribution in [0, 0.1) is 0 Å². The van der Waals surface area contributed by atoms with Crippen molar-refractivity contribution in [2.45, 2.75) is 20.0 Å². The van der Waals surface area contributed by atoms with Crippen LogP contribution in [0.25, 0.3) is 0 Å². The van der Waals surface area contributed by atoms with Crippen LogP contribution < -0.4 is 10.9 Å². The van der Waals surface area contributed by atoms with E-state index in [2.05, 4.69) is 15.3 Å². The highest BCUT2D eigenvalue weighted by molar-refractivity contribution is 6.32. The minimum atomic E-state index is -0.349. The van der Waals surface area contributed by atoms with E-state index in [-0.39, 0.29) is 16.7 Å². The van der Waals surface area contributed by atoms with Crippen molar-refractivity contribution in [3.05, 3.63) is 21.7 Å². The molecule has 84 valence electrons. The summed E-state index contributed by atoms with van der Waals surface area (Å²) in [6.45, 7) is 5.07. The largest absolute Gasteiger partial charge is 0.377 e. The quantitative estimate of drug-likeness (QED) is 0.801. The summed E-state index contributed by atoms with van der Waals surface area (Å²) < 4.78 is 5.31. The average Bonchev–Trinajstić information content (AvgIpc) is 2.21. The zero-order valence-corrected chi connectivity index (χ0v) is 9.47. The number of anilines is 1. The van der Waals surface area contributed by atoms with Crippen LogP contribution in [0.2, 0.25) is 5.02 Å². The summed E-state index contributed by atoms with van der Waals surface area (Å²) in [5, 5.41) is 3.02. The van der Waals surface area contributed by atoms with Gasteiger partial charge in [-0.15, -0.1) is 0 Å². The molecular weight excluding hydrogens is 218 g/mol. The molecule has 0 bridgehead atoms. The molecule has 0 aliphatic heterocycles. The zero-order chi connectivity index (χ0) is 11.3. The van der Waals surface area contributed by atoms with E-state index in [1.165, 1.54) is 6.33 Å². The van der Waals surface area contributed by atoms with Gasteiger partial charge in [-0.2, -0.15) is 0 Å². The van der Waals surface area contributed by atoms with Gasteiger partial charge in [0.2, 0.25) is 0 Å². The van der Waals surface area contributed by atoms with Crippen molar-refractivity contribution in [1.82, 2.24) is 9.97 Å². The summed E-state index contributed by atoms with van der Waals surface area (Å²) in [7, 11) is 0. The normalized spacial score (nSPS) is 12.5. The number of nitrogens with one attached hydrogen (secondary N) is 2. The Morgan fingerprint density at radius 3 is 3.13 bits per heavy atom. The predicted octanol–water partition coefficient (Wildman–Crippen LogP) is 1.26. The molecule has 6 heteroatoms. The molecular formula is C9H14ClN3O2. The standard InChI is InChI=1S/C9H14ClN3O2/c1-3-15-6(2)4-11-8-7(10)9(14)13-5-12-8/h5-6H,3-4H2,1-2H3,(H2,11,12,13,14). The maximum Gasteiger partial charge on any atom is 0.271 e. The Hall–Kier alpha value is -1.07. The van der Waals surface area contributed by atoms with Crippen molar-refractivity contribution < 1.29 is 4.74 Å². The number of H-pyrrole nitrogens is 1. The van der Waals surface area contributed by atoms with Crippen molar-refractivity contribution in [2.24, 2.45) is 0 Å². The van der Waals surface area contributed by atoms with Crippen LogP contribution in [0.4, 0.5) is 5.82 Å². The molecule has 1 unspecified atom stereocenters. The van der Waals surface area contributed by atoms with Gasteiger partial charge in [-0.3, -0.25) is 4.79 Å². The molecule has 0 aromatic carbocycles. The zero-order valence-electron chi connectivity index (χ0n) is 8.71. The molecule has 0 fully saturated rings. The number of halogens is 1. The average molecular weight is 232 g/mol. The summed E-state index contributed by atoms with van der Waals surface area (Å²) >= 11 is 5.74. The minimum Gasteiger partial charge on any atom is -0.377 e. The Kier molecular flexibility index (Phi) is 4.58. The molecule has 0 amide bonds. The number of nitrogens with zero attached hydrogens (tertiary/aromatic N) is 1. The van der Waals surface area contributed by atoms with Gasteiger partial charge in [0, 0.05) is 13.2 Å². The Morgan fingerprint density at radius 2 is 2.47 bits per heavy atom. The lowest BCUT2D eigenvalue weighted by atomic mass is 10.4. The van der Waals surface area contributed by atoms with Gasteiger partial charge in [0.25, 0.3) is 5.56 Å². The fraction of sp³-hybridized carbons (Fsp3) is 0.556. The number of aromatic amines is 1. The van der Waals surface area contributed by atoms with Crippen LogP contribution in [-0.4, -0.2) is 29.2 Å². The van der Waals surface area contributed by atoms with Gasteiger partial charge < -0.3 is 15.0 Å². The third-order valence-electron chi connectivity index (χ3n) is 1.80. The van der Waals surface area contributed by atoms with Crippen LogP contribution in [0.15, 0.2) is 11.1 Å². The van der Waals surface area contributed by atoms with Gasteiger partial charge in [-0.25, -0.2) is 4.98 Å². The summed E-state index contributed by atoms with van der Waals surface area (Å²) in [6.07, 6.45) is 1.36. The van der Waals surface area contributed by atoms with E-state index >= 15 is 0 Å². The Bertz CT molecular complexity index is 367. The first kappa shape index (κ1) is 12.0. The molecule has 1 rings (SSSR count). The molecule has 15 heavy (non-hydrogen) atoms. The van der Waals surface area contributed by atoms with E-state index in [0.717, 1.165) is 0 Å². The van der Waals surface area contributed by atoms with Gasteiger partial charge in [-0.05, 0) is 13.8 Å². The molecule has 0 saturated carbocycles. The molecule has 0 radical (unpaired) electrons.